The Bertz CT molecular complexity index is 154. The molecule has 0 aromatic carbocycles. The molecule has 0 aromatic rings. The van der Waals surface area contributed by atoms with E-state index in [-0.39, 0.29) is 12.0 Å². The average molecular weight is 209 g/mol. The second kappa shape index (κ2) is 4.60. The zero-order valence-corrected chi connectivity index (χ0v) is 8.86. The van der Waals surface area contributed by atoms with Crippen LogP contribution in [0, 0.1) is 5.41 Å². The molecule has 0 heterocycles. The van der Waals surface area contributed by atoms with E-state index in [1.807, 2.05) is 0 Å². The third kappa shape index (κ3) is 3.09. The van der Waals surface area contributed by atoms with Crippen LogP contribution < -0.4 is 0 Å². The maximum atomic E-state index is 12.0. The second-order valence-electron chi connectivity index (χ2n) is 4.10. The van der Waals surface area contributed by atoms with Crippen molar-refractivity contribution in [2.24, 2.45) is 5.41 Å². The molecule has 13 heavy (non-hydrogen) atoms. The monoisotopic (exact) mass is 209 g/mol. The van der Waals surface area contributed by atoms with Gasteiger partial charge in [-0.3, -0.25) is 0 Å². The summed E-state index contributed by atoms with van der Waals surface area (Å²) < 4.78 is 24.1. The molecule has 78 valence electrons. The van der Waals surface area contributed by atoms with Gasteiger partial charge in [-0.25, -0.2) is 8.78 Å². The predicted molar refractivity (Wildman–Crippen MR) is 53.6 cm³/mol. The molecule has 1 fully saturated rings. The first-order chi connectivity index (χ1) is 6.08. The Balaban J connectivity index is 2.29. The van der Waals surface area contributed by atoms with E-state index in [4.69, 9.17) is 0 Å². The fraction of sp³-hybridized carbons (Fsp3) is 1.00. The maximum absolute atomic E-state index is 12.0. The lowest BCUT2D eigenvalue weighted by Crippen LogP contribution is -2.43. The Morgan fingerprint density at radius 1 is 1.46 bits per heavy atom. The van der Waals surface area contributed by atoms with E-state index in [1.54, 1.807) is 11.9 Å². The number of hydrogen-bond donors (Lipinski definition) is 1. The van der Waals surface area contributed by atoms with Crippen LogP contribution in [0.15, 0.2) is 0 Å². The summed E-state index contributed by atoms with van der Waals surface area (Å²) in [5.41, 5.74) is 0.229. The SMILES string of the molecule is CN(CC(F)F)CC1(CS)CCC1. The van der Waals surface area contributed by atoms with Crippen LogP contribution in [0.3, 0.4) is 0 Å². The summed E-state index contributed by atoms with van der Waals surface area (Å²) in [7, 11) is 1.76. The van der Waals surface area contributed by atoms with E-state index >= 15 is 0 Å². The first-order valence-corrected chi connectivity index (χ1v) is 5.29. The lowest BCUT2D eigenvalue weighted by Gasteiger charge is -2.43. The highest BCUT2D eigenvalue weighted by molar-refractivity contribution is 7.80. The van der Waals surface area contributed by atoms with Gasteiger partial charge in [0.1, 0.15) is 0 Å². The van der Waals surface area contributed by atoms with Crippen molar-refractivity contribution in [2.45, 2.75) is 25.7 Å². The third-order valence-electron chi connectivity index (χ3n) is 2.80. The Labute approximate surface area is 83.9 Å². The summed E-state index contributed by atoms with van der Waals surface area (Å²) in [6, 6.07) is 0. The van der Waals surface area contributed by atoms with Gasteiger partial charge in [0.25, 0.3) is 6.43 Å². The fourth-order valence-electron chi connectivity index (χ4n) is 1.92. The van der Waals surface area contributed by atoms with Gasteiger partial charge in [-0.15, -0.1) is 0 Å². The van der Waals surface area contributed by atoms with Crippen molar-refractivity contribution in [1.29, 1.82) is 0 Å². The zero-order chi connectivity index (χ0) is 9.90. The smallest absolute Gasteiger partial charge is 0.251 e. The van der Waals surface area contributed by atoms with Crippen LogP contribution in [0.25, 0.3) is 0 Å². The molecule has 0 bridgehead atoms. The van der Waals surface area contributed by atoms with Gasteiger partial charge >= 0.3 is 0 Å². The summed E-state index contributed by atoms with van der Waals surface area (Å²) in [6.07, 6.45) is 1.29. The molecule has 0 radical (unpaired) electrons. The van der Waals surface area contributed by atoms with Crippen molar-refractivity contribution in [3.63, 3.8) is 0 Å². The number of thiol groups is 1. The Morgan fingerprint density at radius 2 is 2.08 bits per heavy atom. The summed E-state index contributed by atoms with van der Waals surface area (Å²) in [6.45, 7) is 0.649. The van der Waals surface area contributed by atoms with E-state index in [1.165, 1.54) is 6.42 Å². The summed E-state index contributed by atoms with van der Waals surface area (Å²) in [5.74, 6) is 0.820. The third-order valence-corrected chi connectivity index (χ3v) is 3.48. The van der Waals surface area contributed by atoms with Crippen LogP contribution in [0.5, 0.6) is 0 Å². The largest absolute Gasteiger partial charge is 0.300 e. The molecule has 0 atom stereocenters. The van der Waals surface area contributed by atoms with Gasteiger partial charge in [0.2, 0.25) is 0 Å². The molecular formula is C9H17F2NS. The van der Waals surface area contributed by atoms with Crippen molar-refractivity contribution in [1.82, 2.24) is 4.90 Å². The van der Waals surface area contributed by atoms with Crippen LogP contribution in [-0.2, 0) is 0 Å². The van der Waals surface area contributed by atoms with Gasteiger partial charge in [0.15, 0.2) is 0 Å². The van der Waals surface area contributed by atoms with E-state index in [0.717, 1.165) is 25.1 Å². The van der Waals surface area contributed by atoms with Crippen LogP contribution in [0.4, 0.5) is 8.78 Å². The molecular weight excluding hydrogens is 192 g/mol. The molecule has 0 amide bonds. The van der Waals surface area contributed by atoms with E-state index in [2.05, 4.69) is 12.6 Å². The summed E-state index contributed by atoms with van der Waals surface area (Å²) >= 11 is 4.28. The van der Waals surface area contributed by atoms with E-state index < -0.39 is 6.43 Å². The van der Waals surface area contributed by atoms with Crippen LogP contribution in [0.1, 0.15) is 19.3 Å². The van der Waals surface area contributed by atoms with Crippen molar-refractivity contribution < 1.29 is 8.78 Å². The minimum atomic E-state index is -2.22. The fourth-order valence-corrected chi connectivity index (χ4v) is 2.33. The van der Waals surface area contributed by atoms with Gasteiger partial charge in [-0.1, -0.05) is 6.42 Å². The average Bonchev–Trinajstić information content (AvgIpc) is 1.95. The van der Waals surface area contributed by atoms with Crippen LogP contribution in [-0.4, -0.2) is 37.2 Å². The van der Waals surface area contributed by atoms with Crippen LogP contribution in [0.2, 0.25) is 0 Å². The van der Waals surface area contributed by atoms with Gasteiger partial charge in [0, 0.05) is 6.54 Å². The van der Waals surface area contributed by atoms with E-state index in [9.17, 15) is 8.78 Å². The molecule has 1 nitrogen and oxygen atoms in total. The molecule has 0 N–H and O–H groups in total. The Hall–Kier alpha value is 0.170. The molecule has 1 aliphatic rings. The van der Waals surface area contributed by atoms with Crippen molar-refractivity contribution in [3.8, 4) is 0 Å². The van der Waals surface area contributed by atoms with Crippen molar-refractivity contribution in [3.05, 3.63) is 0 Å². The Kier molecular flexibility index (Phi) is 3.98. The van der Waals surface area contributed by atoms with Gasteiger partial charge in [0.05, 0.1) is 6.54 Å². The minimum Gasteiger partial charge on any atom is -0.300 e. The number of alkyl halides is 2. The predicted octanol–water partition coefficient (Wildman–Crippen LogP) is 2.28. The van der Waals surface area contributed by atoms with Crippen molar-refractivity contribution >= 4 is 12.6 Å². The topological polar surface area (TPSA) is 3.24 Å². The van der Waals surface area contributed by atoms with Gasteiger partial charge < -0.3 is 4.90 Å². The lowest BCUT2D eigenvalue weighted by atomic mass is 9.70. The quantitative estimate of drug-likeness (QED) is 0.680. The molecule has 0 aliphatic heterocycles. The summed E-state index contributed by atoms with van der Waals surface area (Å²) in [4.78, 5) is 1.72. The number of rotatable bonds is 5. The zero-order valence-electron chi connectivity index (χ0n) is 7.97. The summed E-state index contributed by atoms with van der Waals surface area (Å²) in [5, 5.41) is 0. The highest BCUT2D eigenvalue weighted by Crippen LogP contribution is 2.42. The van der Waals surface area contributed by atoms with E-state index in [0.29, 0.717) is 0 Å². The van der Waals surface area contributed by atoms with Crippen LogP contribution >= 0.6 is 12.6 Å². The highest BCUT2D eigenvalue weighted by Gasteiger charge is 2.36. The molecule has 1 saturated carbocycles. The maximum Gasteiger partial charge on any atom is 0.251 e. The standard InChI is InChI=1S/C9H17F2NS/c1-12(5-8(10)11)6-9(7-13)3-2-4-9/h8,13H,2-7H2,1H3. The first-order valence-electron chi connectivity index (χ1n) is 4.65. The molecule has 1 rings (SSSR count). The normalized spacial score (nSPS) is 20.8. The number of halogens is 2. The molecule has 1 aliphatic carbocycles. The molecule has 0 saturated heterocycles. The molecule has 0 aromatic heterocycles. The first kappa shape index (κ1) is 11.2. The Morgan fingerprint density at radius 3 is 2.38 bits per heavy atom. The lowest BCUT2D eigenvalue weighted by molar-refractivity contribution is 0.0538. The van der Waals surface area contributed by atoms with Gasteiger partial charge in [-0.05, 0) is 31.1 Å². The highest BCUT2D eigenvalue weighted by atomic mass is 32.1. The minimum absolute atomic E-state index is 0.116. The molecule has 0 spiro atoms. The van der Waals surface area contributed by atoms with Gasteiger partial charge in [-0.2, -0.15) is 12.6 Å². The molecule has 0 unspecified atom stereocenters. The number of nitrogens with zero attached hydrogens (tertiary/aromatic N) is 1. The molecule has 4 heteroatoms. The second-order valence-corrected chi connectivity index (χ2v) is 4.42. The van der Waals surface area contributed by atoms with Crippen molar-refractivity contribution in [2.75, 3.05) is 25.9 Å². The number of hydrogen-bond acceptors (Lipinski definition) is 2.